The van der Waals surface area contributed by atoms with Gasteiger partial charge in [-0.05, 0) is 25.0 Å². The summed E-state index contributed by atoms with van der Waals surface area (Å²) in [6.07, 6.45) is 0. The van der Waals surface area contributed by atoms with E-state index < -0.39 is 0 Å². The summed E-state index contributed by atoms with van der Waals surface area (Å²) in [6.45, 7) is 4.08. The molecule has 0 atom stereocenters. The molecule has 2 aromatic carbocycles. The summed E-state index contributed by atoms with van der Waals surface area (Å²) in [7, 11) is 0. The van der Waals surface area contributed by atoms with Crippen molar-refractivity contribution in [3.05, 3.63) is 59.7 Å². The fourth-order valence-electron chi connectivity index (χ4n) is 2.20. The Hall–Kier alpha value is -2.62. The molecule has 1 heterocycles. The molecule has 0 bridgehead atoms. The Morgan fingerprint density at radius 3 is 1.75 bits per heavy atom. The van der Waals surface area contributed by atoms with E-state index >= 15 is 0 Å². The minimum absolute atomic E-state index is 0.542. The molecule has 3 aromatic rings. The first-order chi connectivity index (χ1) is 9.75. The van der Waals surface area contributed by atoms with Crippen LogP contribution in [0.3, 0.4) is 0 Å². The van der Waals surface area contributed by atoms with E-state index in [9.17, 15) is 0 Å². The number of hydrogen-bond donors (Lipinski definition) is 0. The van der Waals surface area contributed by atoms with Gasteiger partial charge in [0.2, 0.25) is 11.6 Å². The predicted molar refractivity (Wildman–Crippen MR) is 78.0 cm³/mol. The maximum absolute atomic E-state index is 4.22. The van der Waals surface area contributed by atoms with Gasteiger partial charge in [0.15, 0.2) is 0 Å². The van der Waals surface area contributed by atoms with E-state index in [1.165, 1.54) is 0 Å². The Kier molecular flexibility index (Phi) is 3.21. The van der Waals surface area contributed by atoms with Gasteiger partial charge in [-0.3, -0.25) is 0 Å². The van der Waals surface area contributed by atoms with Crippen molar-refractivity contribution in [2.45, 2.75) is 13.8 Å². The molecule has 0 radical (unpaired) electrons. The van der Waals surface area contributed by atoms with E-state index in [2.05, 4.69) is 20.4 Å². The minimum Gasteiger partial charge on any atom is -0.126 e. The van der Waals surface area contributed by atoms with Crippen molar-refractivity contribution in [2.75, 3.05) is 0 Å². The number of benzene rings is 2. The first-order valence-electron chi connectivity index (χ1n) is 6.45. The first kappa shape index (κ1) is 12.4. The van der Waals surface area contributed by atoms with Gasteiger partial charge in [-0.25, -0.2) is 0 Å². The van der Waals surface area contributed by atoms with Gasteiger partial charge < -0.3 is 0 Å². The van der Waals surface area contributed by atoms with Gasteiger partial charge in [0.1, 0.15) is 0 Å². The number of nitrogens with zero attached hydrogens (tertiary/aromatic N) is 4. The number of aryl methyl sites for hydroxylation is 2. The van der Waals surface area contributed by atoms with Crippen molar-refractivity contribution in [1.29, 1.82) is 0 Å². The molecule has 3 rings (SSSR count). The van der Waals surface area contributed by atoms with E-state index in [1.54, 1.807) is 0 Å². The molecule has 98 valence electrons. The minimum atomic E-state index is 0.542. The van der Waals surface area contributed by atoms with E-state index in [4.69, 9.17) is 0 Å². The zero-order valence-electron chi connectivity index (χ0n) is 11.4. The van der Waals surface area contributed by atoms with Crippen molar-refractivity contribution >= 4 is 0 Å². The summed E-state index contributed by atoms with van der Waals surface area (Å²) in [5, 5.41) is 16.8. The van der Waals surface area contributed by atoms with Crippen molar-refractivity contribution in [1.82, 2.24) is 20.4 Å². The summed E-state index contributed by atoms with van der Waals surface area (Å²) in [5.41, 5.74) is 4.18. The summed E-state index contributed by atoms with van der Waals surface area (Å²) < 4.78 is 0. The molecule has 0 N–H and O–H groups in total. The highest BCUT2D eigenvalue weighted by atomic mass is 15.3. The maximum Gasteiger partial charge on any atom is 0.204 e. The molecule has 0 aliphatic rings. The molecule has 0 aliphatic heterocycles. The number of hydrogen-bond acceptors (Lipinski definition) is 4. The largest absolute Gasteiger partial charge is 0.204 e. The SMILES string of the molecule is Cc1cccc(C)c1-c1nnc(-c2ccccc2)nn1. The number of aromatic nitrogens is 4. The normalized spacial score (nSPS) is 10.5. The van der Waals surface area contributed by atoms with Crippen LogP contribution in [0, 0.1) is 13.8 Å². The van der Waals surface area contributed by atoms with Gasteiger partial charge in [0.05, 0.1) is 0 Å². The van der Waals surface area contributed by atoms with Crippen LogP contribution in [0.2, 0.25) is 0 Å². The average Bonchev–Trinajstić information content (AvgIpc) is 2.49. The quantitative estimate of drug-likeness (QED) is 0.711. The van der Waals surface area contributed by atoms with Crippen LogP contribution in [0.15, 0.2) is 48.5 Å². The van der Waals surface area contributed by atoms with Crippen LogP contribution in [0.4, 0.5) is 0 Å². The van der Waals surface area contributed by atoms with Crippen LogP contribution in [-0.2, 0) is 0 Å². The lowest BCUT2D eigenvalue weighted by Crippen LogP contribution is -2.01. The van der Waals surface area contributed by atoms with Crippen LogP contribution in [-0.4, -0.2) is 20.4 Å². The van der Waals surface area contributed by atoms with Crippen molar-refractivity contribution in [2.24, 2.45) is 0 Å². The lowest BCUT2D eigenvalue weighted by Gasteiger charge is -2.07. The molecular formula is C16H14N4. The molecule has 1 aromatic heterocycles. The second-order valence-corrected chi connectivity index (χ2v) is 4.68. The van der Waals surface area contributed by atoms with E-state index in [1.807, 2.05) is 62.4 Å². The summed E-state index contributed by atoms with van der Waals surface area (Å²) in [4.78, 5) is 0. The summed E-state index contributed by atoms with van der Waals surface area (Å²) in [5.74, 6) is 1.11. The number of rotatable bonds is 2. The average molecular weight is 262 g/mol. The Labute approximate surface area is 117 Å². The monoisotopic (exact) mass is 262 g/mol. The van der Waals surface area contributed by atoms with Crippen molar-refractivity contribution in [3.8, 4) is 22.8 Å². The Morgan fingerprint density at radius 1 is 0.600 bits per heavy atom. The van der Waals surface area contributed by atoms with Gasteiger partial charge in [-0.15, -0.1) is 20.4 Å². The third kappa shape index (κ3) is 2.28. The fraction of sp³-hybridized carbons (Fsp3) is 0.125. The molecule has 20 heavy (non-hydrogen) atoms. The third-order valence-electron chi connectivity index (χ3n) is 3.22. The highest BCUT2D eigenvalue weighted by Crippen LogP contribution is 2.23. The fourth-order valence-corrected chi connectivity index (χ4v) is 2.20. The molecule has 4 heteroatoms. The molecule has 0 aliphatic carbocycles. The summed E-state index contributed by atoms with van der Waals surface area (Å²) in [6, 6.07) is 15.8. The van der Waals surface area contributed by atoms with E-state index in [0.29, 0.717) is 11.6 Å². The molecule has 0 unspecified atom stereocenters. The first-order valence-corrected chi connectivity index (χ1v) is 6.45. The zero-order valence-corrected chi connectivity index (χ0v) is 11.4. The van der Waals surface area contributed by atoms with Crippen LogP contribution >= 0.6 is 0 Å². The Balaban J connectivity index is 2.02. The second-order valence-electron chi connectivity index (χ2n) is 4.68. The predicted octanol–water partition coefficient (Wildman–Crippen LogP) is 3.22. The molecule has 0 saturated carbocycles. The molecule has 0 saturated heterocycles. The Morgan fingerprint density at radius 2 is 1.15 bits per heavy atom. The summed E-state index contributed by atoms with van der Waals surface area (Å²) >= 11 is 0. The van der Waals surface area contributed by atoms with Gasteiger partial charge in [0.25, 0.3) is 0 Å². The van der Waals surface area contributed by atoms with Crippen LogP contribution in [0.25, 0.3) is 22.8 Å². The van der Waals surface area contributed by atoms with E-state index in [0.717, 1.165) is 22.3 Å². The molecule has 0 amide bonds. The molecule has 4 nitrogen and oxygen atoms in total. The van der Waals surface area contributed by atoms with Crippen LogP contribution < -0.4 is 0 Å². The topological polar surface area (TPSA) is 51.6 Å². The van der Waals surface area contributed by atoms with E-state index in [-0.39, 0.29) is 0 Å². The highest BCUT2D eigenvalue weighted by molar-refractivity contribution is 5.64. The maximum atomic E-state index is 4.22. The van der Waals surface area contributed by atoms with Crippen molar-refractivity contribution < 1.29 is 0 Å². The van der Waals surface area contributed by atoms with Gasteiger partial charge in [0, 0.05) is 11.1 Å². The van der Waals surface area contributed by atoms with Crippen LogP contribution in [0.1, 0.15) is 11.1 Å². The lowest BCUT2D eigenvalue weighted by atomic mass is 10.0. The second kappa shape index (κ2) is 5.17. The standard InChI is InChI=1S/C16H14N4/c1-11-7-6-8-12(2)14(11)16-19-17-15(18-20-16)13-9-4-3-5-10-13/h3-10H,1-2H3. The molecule has 0 fully saturated rings. The zero-order chi connectivity index (χ0) is 13.9. The molecular weight excluding hydrogens is 248 g/mol. The van der Waals surface area contributed by atoms with Crippen molar-refractivity contribution in [3.63, 3.8) is 0 Å². The van der Waals surface area contributed by atoms with Gasteiger partial charge >= 0.3 is 0 Å². The van der Waals surface area contributed by atoms with Gasteiger partial charge in [-0.1, -0.05) is 48.5 Å². The van der Waals surface area contributed by atoms with Crippen LogP contribution in [0.5, 0.6) is 0 Å². The lowest BCUT2D eigenvalue weighted by molar-refractivity contribution is 0.874. The Bertz CT molecular complexity index is 701. The third-order valence-corrected chi connectivity index (χ3v) is 3.22. The highest BCUT2D eigenvalue weighted by Gasteiger charge is 2.10. The van der Waals surface area contributed by atoms with Gasteiger partial charge in [-0.2, -0.15) is 0 Å². The smallest absolute Gasteiger partial charge is 0.126 e. The molecule has 0 spiro atoms.